The molecule has 0 unspecified atom stereocenters. The van der Waals surface area contributed by atoms with Gasteiger partial charge in [0, 0.05) is 116 Å². The fourth-order valence-electron chi connectivity index (χ4n) is 13.3. The molecule has 11 heterocycles. The molecule has 9 aromatic heterocycles. The second kappa shape index (κ2) is 49.6. The molecule has 135 heavy (non-hydrogen) atoms. The summed E-state index contributed by atoms with van der Waals surface area (Å²) in [6, 6.07) is 19.9. The van der Waals surface area contributed by atoms with Crippen molar-refractivity contribution in [2.24, 2.45) is 37.1 Å². The Balaban J connectivity index is 0.000000269. The van der Waals surface area contributed by atoms with Crippen LogP contribution in [-0.4, -0.2) is 207 Å². The lowest BCUT2D eigenvalue weighted by Crippen LogP contribution is -2.67. The van der Waals surface area contributed by atoms with E-state index in [-0.39, 0.29) is 47.7 Å². The summed E-state index contributed by atoms with van der Waals surface area (Å²) in [6.45, 7) is 55.4. The molecule has 2 aliphatic heterocycles. The summed E-state index contributed by atoms with van der Waals surface area (Å²) in [4.78, 5) is 107. The fraction of sp³-hybridized carbons (Fsp3) is 0.338. The molecule has 15 rings (SSSR count). The SMILES string of the molecule is CCOC(=O)c1[nH]ccc1C.CN(C1CC2(CNC2)C1)S(N)(=O)=O.NC=O.NOP(=O)(c1ccccc1)c1ccccc1.O=C([O-])C(F)(F)F.O=C=NS(=O)(=O)Cl.[C-]#[N+]c1c[nH]c(C(=O)OCC)c1C.[C-]#[N+]c1cn(N)c(C(=O)OCC)c1C.[C-]#[N+]c1cn2nc[nH]c(=O)c2c1C.[C-]#[N+]c1cn2ncnc(Cl)c2c1C.[C-]#[N+]c1cn2ncnc(N3CC4(CC(N(C)S(N)(=O)=O)C4)C3)c2c1C. The third-order valence-corrected chi connectivity index (χ3v) is 25.5. The number of benzene rings is 2. The number of esters is 3. The van der Waals surface area contributed by atoms with Crippen LogP contribution in [0.4, 0.5) is 47.4 Å². The number of carboxylic acids is 1. The van der Waals surface area contributed by atoms with E-state index in [9.17, 15) is 62.2 Å². The molecule has 46 nitrogen and oxygen atoms in total. The van der Waals surface area contributed by atoms with Crippen molar-refractivity contribution in [3.8, 4) is 0 Å². The maximum atomic E-state index is 12.6. The third kappa shape index (κ3) is 29.7. The molecule has 4 fully saturated rings. The first-order valence-corrected chi connectivity index (χ1v) is 46.3. The largest absolute Gasteiger partial charge is 0.542 e. The lowest BCUT2D eigenvalue weighted by Gasteiger charge is -2.60. The molecular formula is C80H92Cl2F3N27O19PS3-. The number of H-pyrrole nitrogens is 3. The van der Waals surface area contributed by atoms with Crippen molar-refractivity contribution >= 4 is 157 Å². The van der Waals surface area contributed by atoms with Crippen LogP contribution in [0.25, 0.3) is 40.8 Å². The van der Waals surface area contributed by atoms with E-state index >= 15 is 0 Å². The van der Waals surface area contributed by atoms with Crippen LogP contribution >= 0.6 is 29.7 Å². The molecule has 0 bridgehead atoms. The van der Waals surface area contributed by atoms with Crippen molar-refractivity contribution in [3.63, 3.8) is 0 Å². The molecule has 2 spiro atoms. The number of hydrogen-bond acceptors (Lipinski definition) is 28. The highest BCUT2D eigenvalue weighted by atomic mass is 35.7. The number of aryl methyl sites for hydroxylation is 4. The van der Waals surface area contributed by atoms with E-state index in [1.54, 1.807) is 107 Å². The van der Waals surface area contributed by atoms with Gasteiger partial charge in [-0.2, -0.15) is 62.3 Å². The van der Waals surface area contributed by atoms with Crippen molar-refractivity contribution in [1.29, 1.82) is 0 Å². The number of aromatic amines is 3. The van der Waals surface area contributed by atoms with Gasteiger partial charge >= 0.3 is 33.3 Å². The fourth-order valence-corrected chi connectivity index (χ4v) is 16.6. The zero-order valence-corrected chi connectivity index (χ0v) is 78.7. The maximum absolute atomic E-state index is 12.6. The van der Waals surface area contributed by atoms with Crippen LogP contribution in [0.5, 0.6) is 0 Å². The minimum absolute atomic E-state index is 0.0219. The number of hydrogen-bond donors (Lipinski definition) is 9. The van der Waals surface area contributed by atoms with Gasteiger partial charge in [-0.25, -0.2) is 87.7 Å². The number of primary amides is 1. The standard InChI is InChI=1S/C15H19N7O2S.C12H12NO2P.C9H11N3O2.C9H10N2O2.C8H5ClN4.C8H6N4O.C8H11NO2.C7H15N3O2S.C2HF3O2.CClNO3S.CH3NO/c1-10-12(17-2)6-22-13(10)14(18-9-19-22)21-7-15(8-21)4-11(5-15)20(3)25(16,23)24;13-15-16(14,11-7-3-1-4-8-11)12-9-5-2-6-10-12;1-4-14-9(13)8-6(2)7(11-3)5-12(8)10;1-4-13-9(12)8-6(2)7(10-3)5-11-8;1-5-6(10-2)3-13-7(5)8(9)11-4-12-13;1-5-6(9-2)3-12-7(5)8(13)10-4-11-12;1-3-11-8(10)7-6(2)4-5-9-7;1-10(13(8,11)12)6-2-7(3-6)4-9-5-7;3-2(4,5)1(6)7;2-7(5,6)3-1-4;2-1-3/h6,9,11H,4-5,7-8H2,1,3H3,(H2,16,23,24);1-10H,13H2;5H,4,10H2,1-2H3;5,11H,4H2,1-2H3;3-4H,1H3;3-4H,1H3,(H,10,11,13);4-5,9H,3H2,1-2H3;6,9H,2-5H2,1H3,(H2,8,11,12);(H,6,7);;1H,(H2,2,3)/p-1. The van der Waals surface area contributed by atoms with Gasteiger partial charge in [0.25, 0.3) is 39.4 Å². The molecule has 2 saturated heterocycles. The Morgan fingerprint density at radius 1 is 0.644 bits per heavy atom. The minimum Gasteiger partial charge on any atom is -0.542 e. The Labute approximate surface area is 780 Å². The van der Waals surface area contributed by atoms with Gasteiger partial charge in [-0.3, -0.25) is 18.8 Å². The topological polar surface area (TPSA) is 615 Å². The van der Waals surface area contributed by atoms with Crippen LogP contribution in [0.15, 0.2) is 132 Å². The zero-order chi connectivity index (χ0) is 101. The number of nitrogens with zero attached hydrogens (tertiary/aromatic N) is 18. The number of nitrogens with one attached hydrogen (secondary N) is 4. The van der Waals surface area contributed by atoms with Crippen LogP contribution in [0.3, 0.4) is 0 Å². The maximum Gasteiger partial charge on any atom is 0.430 e. The predicted octanol–water partition coefficient (Wildman–Crippen LogP) is 7.49. The molecule has 1 amide bonds. The Morgan fingerprint density at radius 2 is 1.06 bits per heavy atom. The number of aliphatic carboxylic acids is 1. The summed E-state index contributed by atoms with van der Waals surface area (Å²) in [5, 5.41) is 35.8. The van der Waals surface area contributed by atoms with Crippen LogP contribution in [0.2, 0.25) is 5.15 Å². The van der Waals surface area contributed by atoms with Crippen molar-refractivity contribution in [2.75, 3.05) is 70.8 Å². The third-order valence-electron chi connectivity index (χ3n) is 20.3. The van der Waals surface area contributed by atoms with Crippen molar-refractivity contribution in [3.05, 3.63) is 246 Å². The molecule has 55 heteroatoms. The van der Waals surface area contributed by atoms with Crippen molar-refractivity contribution in [1.82, 2.24) is 72.4 Å². The first-order valence-electron chi connectivity index (χ1n) is 39.0. The molecule has 2 aromatic carbocycles. The first-order chi connectivity index (χ1) is 63.4. The zero-order valence-electron chi connectivity index (χ0n) is 73.8. The molecule has 4 aliphatic rings. The quantitative estimate of drug-likeness (QED) is 0.00458. The minimum atomic E-state index is -5.19. The van der Waals surface area contributed by atoms with E-state index in [1.165, 1.54) is 51.5 Å². The Morgan fingerprint density at radius 3 is 1.42 bits per heavy atom. The molecule has 720 valence electrons. The Hall–Kier alpha value is -14.1. The first kappa shape index (κ1) is 111. The normalized spacial score (nSPS) is 13.5. The van der Waals surface area contributed by atoms with Crippen LogP contribution in [-0.2, 0) is 67.4 Å². The van der Waals surface area contributed by atoms with E-state index in [0.717, 1.165) is 90.6 Å². The molecule has 14 N–H and O–H groups in total. The number of alkyl halides is 3. The van der Waals surface area contributed by atoms with E-state index in [0.29, 0.717) is 102 Å². The number of carbonyl (C=O) groups excluding carboxylic acids is 6. The number of nitrogens with two attached hydrogens (primary N) is 5. The van der Waals surface area contributed by atoms with Gasteiger partial charge < -0.3 is 60.9 Å². The van der Waals surface area contributed by atoms with Crippen LogP contribution < -0.4 is 59.2 Å². The number of ether oxygens (including phenoxy) is 3. The lowest BCUT2D eigenvalue weighted by molar-refractivity contribution is -0.344. The van der Waals surface area contributed by atoms with E-state index in [4.69, 9.17) is 105 Å². The number of halogens is 5. The van der Waals surface area contributed by atoms with Gasteiger partial charge in [-0.1, -0.05) is 52.4 Å². The number of anilines is 1. The highest BCUT2D eigenvalue weighted by molar-refractivity contribution is 8.12. The van der Waals surface area contributed by atoms with Gasteiger partial charge in [0.2, 0.25) is 34.8 Å². The Kier molecular flexibility index (Phi) is 40.9. The molecular weight excluding hydrogens is 1900 g/mol. The smallest absolute Gasteiger partial charge is 0.430 e. The number of fused-ring (bicyclic) bond motifs is 3. The number of nitrogen functional groups attached to an aromatic ring is 1. The van der Waals surface area contributed by atoms with Gasteiger partial charge in [-0.05, 0) is 157 Å². The summed E-state index contributed by atoms with van der Waals surface area (Å²) in [6.07, 6.45) is 13.1. The predicted molar refractivity (Wildman–Crippen MR) is 488 cm³/mol. The average molecular weight is 1990 g/mol. The summed E-state index contributed by atoms with van der Waals surface area (Å²) in [7, 11) is -6.78. The summed E-state index contributed by atoms with van der Waals surface area (Å²) in [5.74, 6) is 7.36. The summed E-state index contributed by atoms with van der Waals surface area (Å²) in [5.41, 5.74) is 14.6. The molecule has 2 saturated carbocycles. The van der Waals surface area contributed by atoms with Crippen LogP contribution in [0.1, 0.15) is 111 Å². The highest BCUT2D eigenvalue weighted by Crippen LogP contribution is 2.52. The average Bonchev–Trinajstić information content (AvgIpc) is 0.899. The van der Waals surface area contributed by atoms with Gasteiger partial charge in [-0.15, -0.1) is 0 Å². The number of aromatic nitrogens is 12. The second-order valence-corrected chi connectivity index (χ2v) is 37.0. The van der Waals surface area contributed by atoms with Gasteiger partial charge in [0.1, 0.15) is 47.5 Å². The summed E-state index contributed by atoms with van der Waals surface area (Å²) >= 11 is 5.86. The van der Waals surface area contributed by atoms with Gasteiger partial charge in [0.15, 0.2) is 11.0 Å². The van der Waals surface area contributed by atoms with Gasteiger partial charge in [0.05, 0.1) is 63.7 Å². The van der Waals surface area contributed by atoms with Crippen molar-refractivity contribution in [2.45, 2.75) is 106 Å². The summed E-state index contributed by atoms with van der Waals surface area (Å²) < 4.78 is 138. The number of carboxylic acid groups (broad SMARTS) is 1. The van der Waals surface area contributed by atoms with Crippen molar-refractivity contribution < 1.29 is 95.7 Å². The number of rotatable bonds is 15. The number of isocyanates is 1. The monoisotopic (exact) mass is 1990 g/mol. The molecule has 0 radical (unpaired) electrons. The number of amides is 1. The lowest BCUT2D eigenvalue weighted by atomic mass is 9.60. The molecule has 11 aromatic rings. The van der Waals surface area contributed by atoms with E-state index in [1.807, 2.05) is 63.2 Å². The van der Waals surface area contributed by atoms with E-state index < -0.39 is 61.1 Å². The number of carbonyl (C=O) groups is 5. The Bertz CT molecular complexity index is 6740. The van der Waals surface area contributed by atoms with Crippen LogP contribution in [0, 0.1) is 85.2 Å². The molecule has 2 aliphatic carbocycles. The molecule has 0 atom stereocenters. The second-order valence-electron chi connectivity index (χ2n) is 28.9. The van der Waals surface area contributed by atoms with E-state index in [2.05, 4.69) is 95.5 Å². The highest BCUT2D eigenvalue weighted by Gasteiger charge is 2.55.